The first kappa shape index (κ1) is 23.3. The summed E-state index contributed by atoms with van der Waals surface area (Å²) in [5, 5.41) is 3.98. The Morgan fingerprint density at radius 1 is 1.11 bits per heavy atom. The monoisotopic (exact) mass is 510 g/mol. The third-order valence-electron chi connectivity index (χ3n) is 7.14. The lowest BCUT2D eigenvalue weighted by molar-refractivity contribution is 0.311. The van der Waals surface area contributed by atoms with E-state index in [1.807, 2.05) is 19.2 Å². The number of aromatic nitrogens is 3. The lowest BCUT2D eigenvalue weighted by atomic mass is 9.85. The normalized spacial score (nSPS) is 18.1. The van der Waals surface area contributed by atoms with Crippen molar-refractivity contribution in [1.29, 1.82) is 0 Å². The fraction of sp³-hybridized carbons (Fsp3) is 0.423. The van der Waals surface area contributed by atoms with Crippen LogP contribution in [0.2, 0.25) is 0 Å². The molecule has 2 aliphatic carbocycles. The number of anilines is 3. The fourth-order valence-electron chi connectivity index (χ4n) is 4.80. The smallest absolute Gasteiger partial charge is 0.326 e. The van der Waals surface area contributed by atoms with Crippen molar-refractivity contribution in [3.05, 3.63) is 51.5 Å². The highest BCUT2D eigenvalue weighted by molar-refractivity contribution is 7.15. The number of likely N-dealkylation sites (N-methyl/N-ethyl adjacent to an activating group) is 1. The largest absolute Gasteiger partial charge is 0.418 e. The SMILES string of the molecule is CC1=Cc2c(cc(F)c(Oc3nc(Nc4ncc(C5CCC5)s4)cc(N4CCN(C)CC4)n3)c2F)C1. The van der Waals surface area contributed by atoms with Gasteiger partial charge in [-0.25, -0.2) is 13.8 Å². The molecule has 188 valence electrons. The van der Waals surface area contributed by atoms with Gasteiger partial charge in [-0.2, -0.15) is 9.97 Å². The van der Waals surface area contributed by atoms with Gasteiger partial charge in [0, 0.05) is 48.9 Å². The van der Waals surface area contributed by atoms with Gasteiger partial charge in [-0.3, -0.25) is 0 Å². The zero-order valence-corrected chi connectivity index (χ0v) is 21.2. The van der Waals surface area contributed by atoms with Gasteiger partial charge in [0.1, 0.15) is 11.6 Å². The maximum absolute atomic E-state index is 15.3. The fourth-order valence-corrected chi connectivity index (χ4v) is 5.80. The second-order valence-corrected chi connectivity index (χ2v) is 10.9. The van der Waals surface area contributed by atoms with Gasteiger partial charge in [-0.05, 0) is 50.8 Å². The second kappa shape index (κ2) is 9.40. The lowest BCUT2D eigenvalue weighted by Gasteiger charge is -2.33. The Bertz CT molecular complexity index is 1330. The summed E-state index contributed by atoms with van der Waals surface area (Å²) in [7, 11) is 2.08. The molecule has 2 aromatic heterocycles. The Morgan fingerprint density at radius 2 is 1.92 bits per heavy atom. The molecule has 0 atom stereocenters. The van der Waals surface area contributed by atoms with Crippen LogP contribution in [0, 0.1) is 11.6 Å². The van der Waals surface area contributed by atoms with E-state index < -0.39 is 17.4 Å². The highest BCUT2D eigenvalue weighted by Gasteiger charge is 2.25. The summed E-state index contributed by atoms with van der Waals surface area (Å²) < 4.78 is 35.9. The number of hydrogen-bond donors (Lipinski definition) is 1. The van der Waals surface area contributed by atoms with Crippen LogP contribution in [0.4, 0.5) is 25.5 Å². The number of ether oxygens (including phenoxy) is 1. The van der Waals surface area contributed by atoms with Crippen molar-refractivity contribution in [1.82, 2.24) is 19.9 Å². The van der Waals surface area contributed by atoms with Crippen LogP contribution in [-0.4, -0.2) is 53.1 Å². The van der Waals surface area contributed by atoms with Gasteiger partial charge in [-0.1, -0.05) is 18.1 Å². The summed E-state index contributed by atoms with van der Waals surface area (Å²) in [6.07, 6.45) is 7.84. The number of allylic oxidation sites excluding steroid dienone is 1. The summed E-state index contributed by atoms with van der Waals surface area (Å²) in [6, 6.07) is 3.06. The molecule has 36 heavy (non-hydrogen) atoms. The van der Waals surface area contributed by atoms with Crippen LogP contribution in [0.1, 0.15) is 48.1 Å². The highest BCUT2D eigenvalue weighted by atomic mass is 32.1. The topological polar surface area (TPSA) is 66.4 Å². The molecule has 0 bridgehead atoms. The molecular formula is C26H28F2N6OS. The third kappa shape index (κ3) is 4.55. The Kier molecular flexibility index (Phi) is 6.08. The average Bonchev–Trinajstić information content (AvgIpc) is 3.41. The molecule has 1 saturated heterocycles. The van der Waals surface area contributed by atoms with E-state index in [4.69, 9.17) is 4.74 Å². The van der Waals surface area contributed by atoms with Gasteiger partial charge in [-0.15, -0.1) is 11.3 Å². The molecule has 3 aliphatic rings. The minimum absolute atomic E-state index is 0.110. The first-order valence-corrected chi connectivity index (χ1v) is 13.2. The van der Waals surface area contributed by atoms with E-state index in [2.05, 4.69) is 37.1 Å². The minimum Gasteiger partial charge on any atom is -0.418 e. The van der Waals surface area contributed by atoms with E-state index in [0.29, 0.717) is 35.1 Å². The molecule has 0 radical (unpaired) electrons. The molecule has 0 amide bonds. The number of nitrogens with zero attached hydrogens (tertiary/aromatic N) is 5. The zero-order valence-electron chi connectivity index (χ0n) is 20.4. The molecule has 1 saturated carbocycles. The van der Waals surface area contributed by atoms with Gasteiger partial charge < -0.3 is 19.9 Å². The zero-order chi connectivity index (χ0) is 24.8. The second-order valence-electron chi connectivity index (χ2n) is 9.85. The number of halogens is 2. The maximum Gasteiger partial charge on any atom is 0.326 e. The first-order chi connectivity index (χ1) is 17.4. The molecule has 6 rings (SSSR count). The van der Waals surface area contributed by atoms with Crippen molar-refractivity contribution in [3.63, 3.8) is 0 Å². The standard InChI is InChI=1S/C26H28F2N6OS/c1-15-10-17-12-19(27)24(23(28)18(17)11-15)35-25-30-21(13-22(32-25)34-8-6-33(2)7-9-34)31-26-29-14-20(36-26)16-4-3-5-16/h11-14,16H,3-10H2,1-2H3,(H,29,30,31,32). The Morgan fingerprint density at radius 3 is 2.67 bits per heavy atom. The summed E-state index contributed by atoms with van der Waals surface area (Å²) >= 11 is 1.61. The predicted octanol–water partition coefficient (Wildman–Crippen LogP) is 5.73. The van der Waals surface area contributed by atoms with E-state index in [1.54, 1.807) is 17.4 Å². The molecule has 3 aromatic rings. The summed E-state index contributed by atoms with van der Waals surface area (Å²) in [6.45, 7) is 5.23. The Hall–Kier alpha value is -3.11. The number of rotatable bonds is 6. The summed E-state index contributed by atoms with van der Waals surface area (Å²) in [5.74, 6) is -0.267. The number of piperazine rings is 1. The van der Waals surface area contributed by atoms with E-state index >= 15 is 4.39 Å². The molecule has 1 aliphatic heterocycles. The number of hydrogen-bond acceptors (Lipinski definition) is 8. The van der Waals surface area contributed by atoms with Crippen LogP contribution < -0.4 is 15.0 Å². The van der Waals surface area contributed by atoms with Crippen molar-refractivity contribution in [2.24, 2.45) is 0 Å². The van der Waals surface area contributed by atoms with Crippen molar-refractivity contribution in [2.45, 2.75) is 38.5 Å². The molecule has 1 aromatic carbocycles. The van der Waals surface area contributed by atoms with Crippen LogP contribution in [-0.2, 0) is 6.42 Å². The molecule has 0 unspecified atom stereocenters. The van der Waals surface area contributed by atoms with Gasteiger partial charge in [0.25, 0.3) is 0 Å². The number of nitrogens with one attached hydrogen (secondary N) is 1. The van der Waals surface area contributed by atoms with Crippen molar-refractivity contribution < 1.29 is 13.5 Å². The Labute approximate surface area is 212 Å². The number of fused-ring (bicyclic) bond motifs is 1. The lowest BCUT2D eigenvalue weighted by Crippen LogP contribution is -2.44. The molecular weight excluding hydrogens is 482 g/mol. The number of thiazole rings is 1. The maximum atomic E-state index is 15.3. The molecule has 0 spiro atoms. The van der Waals surface area contributed by atoms with Gasteiger partial charge in [0.05, 0.1) is 0 Å². The van der Waals surface area contributed by atoms with Crippen molar-refractivity contribution >= 4 is 34.2 Å². The summed E-state index contributed by atoms with van der Waals surface area (Å²) in [5.41, 5.74) is 1.96. The molecule has 2 fully saturated rings. The highest BCUT2D eigenvalue weighted by Crippen LogP contribution is 2.41. The quantitative estimate of drug-likeness (QED) is 0.455. The van der Waals surface area contributed by atoms with Gasteiger partial charge >= 0.3 is 6.01 Å². The van der Waals surface area contributed by atoms with Crippen molar-refractivity contribution in [2.75, 3.05) is 43.4 Å². The third-order valence-corrected chi connectivity index (χ3v) is 8.21. The van der Waals surface area contributed by atoms with E-state index in [9.17, 15) is 4.39 Å². The average molecular weight is 511 g/mol. The first-order valence-electron chi connectivity index (χ1n) is 12.3. The van der Waals surface area contributed by atoms with Crippen LogP contribution >= 0.6 is 11.3 Å². The molecule has 10 heteroatoms. The molecule has 1 N–H and O–H groups in total. The number of benzene rings is 1. The van der Waals surface area contributed by atoms with Crippen LogP contribution in [0.5, 0.6) is 11.8 Å². The van der Waals surface area contributed by atoms with Crippen LogP contribution in [0.15, 0.2) is 23.9 Å². The van der Waals surface area contributed by atoms with E-state index in [1.165, 1.54) is 30.2 Å². The minimum atomic E-state index is -0.762. The van der Waals surface area contributed by atoms with Crippen molar-refractivity contribution in [3.8, 4) is 11.8 Å². The van der Waals surface area contributed by atoms with Crippen LogP contribution in [0.25, 0.3) is 6.08 Å². The van der Waals surface area contributed by atoms with Crippen LogP contribution in [0.3, 0.4) is 0 Å². The van der Waals surface area contributed by atoms with E-state index in [-0.39, 0.29) is 6.01 Å². The van der Waals surface area contributed by atoms with Gasteiger partial charge in [0.2, 0.25) is 5.75 Å². The Balaban J connectivity index is 1.32. The predicted molar refractivity (Wildman–Crippen MR) is 138 cm³/mol. The molecule has 3 heterocycles. The van der Waals surface area contributed by atoms with E-state index in [0.717, 1.165) is 36.9 Å². The van der Waals surface area contributed by atoms with Gasteiger partial charge in [0.15, 0.2) is 16.8 Å². The molecule has 7 nitrogen and oxygen atoms in total. The summed E-state index contributed by atoms with van der Waals surface area (Å²) in [4.78, 5) is 19.1.